The second-order valence-electron chi connectivity index (χ2n) is 6.21. The second kappa shape index (κ2) is 7.15. The highest BCUT2D eigenvalue weighted by atomic mass is 35.5. The molecule has 2 heterocycles. The molecular formula is C16H18Cl2N2O4S. The number of likely N-dealkylation sites (tertiary alicyclic amines) is 1. The van der Waals surface area contributed by atoms with E-state index in [1.165, 1.54) is 4.31 Å². The summed E-state index contributed by atoms with van der Waals surface area (Å²) in [5, 5.41) is 1.82. The molecule has 1 aromatic rings. The number of benzene rings is 1. The minimum absolute atomic E-state index is 0.116. The molecule has 1 amide bonds. The SMILES string of the molecule is C=CS(=O)(=O)N1CC2CN(C(=O)COc3ccc(Cl)cc3Cl)CC2C1. The van der Waals surface area contributed by atoms with Crippen molar-refractivity contribution in [1.82, 2.24) is 9.21 Å². The predicted molar refractivity (Wildman–Crippen MR) is 96.2 cm³/mol. The Morgan fingerprint density at radius 2 is 1.88 bits per heavy atom. The Morgan fingerprint density at radius 3 is 2.44 bits per heavy atom. The normalized spacial score (nSPS) is 23.5. The van der Waals surface area contributed by atoms with Crippen LogP contribution in [0, 0.1) is 11.8 Å². The van der Waals surface area contributed by atoms with Gasteiger partial charge < -0.3 is 9.64 Å². The molecule has 2 aliphatic rings. The van der Waals surface area contributed by atoms with Crippen LogP contribution in [0.2, 0.25) is 10.0 Å². The smallest absolute Gasteiger partial charge is 0.260 e. The maximum Gasteiger partial charge on any atom is 0.260 e. The molecule has 2 fully saturated rings. The number of ether oxygens (including phenoxy) is 1. The number of carbonyl (C=O) groups is 1. The molecule has 0 bridgehead atoms. The van der Waals surface area contributed by atoms with Crippen molar-refractivity contribution in [3.63, 3.8) is 0 Å². The zero-order valence-electron chi connectivity index (χ0n) is 13.4. The average molecular weight is 405 g/mol. The molecule has 0 N–H and O–H groups in total. The largest absolute Gasteiger partial charge is 0.482 e. The van der Waals surface area contributed by atoms with Gasteiger partial charge in [0.15, 0.2) is 6.61 Å². The average Bonchev–Trinajstić information content (AvgIpc) is 3.13. The van der Waals surface area contributed by atoms with Crippen molar-refractivity contribution in [2.45, 2.75) is 0 Å². The Labute approximate surface area is 157 Å². The van der Waals surface area contributed by atoms with E-state index in [9.17, 15) is 13.2 Å². The summed E-state index contributed by atoms with van der Waals surface area (Å²) in [5.74, 6) is 0.566. The monoisotopic (exact) mass is 404 g/mol. The van der Waals surface area contributed by atoms with E-state index in [2.05, 4.69) is 6.58 Å². The molecule has 2 saturated heterocycles. The fourth-order valence-electron chi connectivity index (χ4n) is 3.29. The van der Waals surface area contributed by atoms with Gasteiger partial charge in [0.1, 0.15) is 5.75 Å². The number of halogens is 2. The van der Waals surface area contributed by atoms with E-state index in [-0.39, 0.29) is 24.3 Å². The molecule has 25 heavy (non-hydrogen) atoms. The van der Waals surface area contributed by atoms with Gasteiger partial charge in [0.05, 0.1) is 5.02 Å². The van der Waals surface area contributed by atoms with Crippen molar-refractivity contribution in [2.75, 3.05) is 32.8 Å². The van der Waals surface area contributed by atoms with Crippen molar-refractivity contribution in [3.05, 3.63) is 40.2 Å². The maximum absolute atomic E-state index is 12.3. The first kappa shape index (κ1) is 18.5. The third-order valence-electron chi connectivity index (χ3n) is 4.62. The van der Waals surface area contributed by atoms with E-state index in [4.69, 9.17) is 27.9 Å². The summed E-state index contributed by atoms with van der Waals surface area (Å²) >= 11 is 11.8. The standard InChI is InChI=1S/C16H18Cl2N2O4S/c1-2-25(22,23)20-8-11-6-19(7-12(11)9-20)16(21)10-24-15-4-3-13(17)5-14(15)18/h2-5,11-12H,1,6-10H2. The van der Waals surface area contributed by atoms with Crippen LogP contribution >= 0.6 is 23.2 Å². The van der Waals surface area contributed by atoms with E-state index in [0.717, 1.165) is 5.41 Å². The van der Waals surface area contributed by atoms with E-state index in [1.807, 2.05) is 0 Å². The summed E-state index contributed by atoms with van der Waals surface area (Å²) in [6.45, 7) is 5.15. The van der Waals surface area contributed by atoms with E-state index < -0.39 is 10.0 Å². The Balaban J connectivity index is 1.54. The molecule has 2 aliphatic heterocycles. The number of amides is 1. The van der Waals surface area contributed by atoms with Crippen LogP contribution in [0.25, 0.3) is 0 Å². The lowest BCUT2D eigenvalue weighted by molar-refractivity contribution is -0.132. The number of hydrogen-bond acceptors (Lipinski definition) is 4. The van der Waals surface area contributed by atoms with Gasteiger partial charge in [0.25, 0.3) is 5.91 Å². The summed E-state index contributed by atoms with van der Waals surface area (Å²) in [7, 11) is -3.39. The van der Waals surface area contributed by atoms with Gasteiger partial charge in [-0.25, -0.2) is 8.42 Å². The van der Waals surface area contributed by atoms with Gasteiger partial charge in [-0.05, 0) is 30.0 Å². The highest BCUT2D eigenvalue weighted by Gasteiger charge is 2.44. The second-order valence-corrected chi connectivity index (χ2v) is 8.93. The van der Waals surface area contributed by atoms with Crippen LogP contribution in [0.3, 0.4) is 0 Å². The van der Waals surface area contributed by atoms with Gasteiger partial charge in [-0.1, -0.05) is 29.8 Å². The van der Waals surface area contributed by atoms with Crippen LogP contribution in [0.4, 0.5) is 0 Å². The van der Waals surface area contributed by atoms with Crippen LogP contribution < -0.4 is 4.74 Å². The molecule has 2 unspecified atom stereocenters. The highest BCUT2D eigenvalue weighted by molar-refractivity contribution is 7.92. The molecule has 0 spiro atoms. The molecule has 0 aromatic heterocycles. The lowest BCUT2D eigenvalue weighted by Crippen LogP contribution is -2.37. The predicted octanol–water partition coefficient (Wildman–Crippen LogP) is 2.24. The Morgan fingerprint density at radius 1 is 1.24 bits per heavy atom. The molecule has 9 heteroatoms. The van der Waals surface area contributed by atoms with E-state index >= 15 is 0 Å². The molecule has 3 rings (SSSR count). The number of carbonyl (C=O) groups excluding carboxylic acids is 1. The van der Waals surface area contributed by atoms with Crippen molar-refractivity contribution < 1.29 is 17.9 Å². The maximum atomic E-state index is 12.3. The summed E-state index contributed by atoms with van der Waals surface area (Å²) in [4.78, 5) is 14.1. The molecule has 136 valence electrons. The number of nitrogens with zero attached hydrogens (tertiary/aromatic N) is 2. The quantitative estimate of drug-likeness (QED) is 0.754. The highest BCUT2D eigenvalue weighted by Crippen LogP contribution is 2.33. The lowest BCUT2D eigenvalue weighted by atomic mass is 10.0. The van der Waals surface area contributed by atoms with E-state index in [1.54, 1.807) is 23.1 Å². The fraction of sp³-hybridized carbons (Fsp3) is 0.438. The molecule has 1 aromatic carbocycles. The first-order valence-electron chi connectivity index (χ1n) is 7.78. The van der Waals surface area contributed by atoms with E-state index in [0.29, 0.717) is 42.0 Å². The third kappa shape index (κ3) is 3.95. The van der Waals surface area contributed by atoms with Gasteiger partial charge in [-0.3, -0.25) is 4.79 Å². The third-order valence-corrected chi connectivity index (χ3v) is 6.59. The molecule has 2 atom stereocenters. The fourth-order valence-corrected chi connectivity index (χ4v) is 4.76. The van der Waals surface area contributed by atoms with Crippen molar-refractivity contribution >= 4 is 39.1 Å². The molecule has 0 saturated carbocycles. The summed E-state index contributed by atoms with van der Waals surface area (Å²) < 4.78 is 30.6. The van der Waals surface area contributed by atoms with Crippen LogP contribution in [0.5, 0.6) is 5.75 Å². The van der Waals surface area contributed by atoms with Crippen LogP contribution in [0.1, 0.15) is 0 Å². The summed E-state index contributed by atoms with van der Waals surface area (Å²) in [5.41, 5.74) is 0. The summed E-state index contributed by atoms with van der Waals surface area (Å²) in [6, 6.07) is 4.81. The number of hydrogen-bond donors (Lipinski definition) is 0. The minimum Gasteiger partial charge on any atom is -0.482 e. The molecular weight excluding hydrogens is 387 g/mol. The summed E-state index contributed by atoms with van der Waals surface area (Å²) in [6.07, 6.45) is 0. The van der Waals surface area contributed by atoms with Gasteiger partial charge in [0, 0.05) is 36.6 Å². The van der Waals surface area contributed by atoms with Crippen molar-refractivity contribution in [2.24, 2.45) is 11.8 Å². The lowest BCUT2D eigenvalue weighted by Gasteiger charge is -2.20. The first-order valence-corrected chi connectivity index (χ1v) is 10.0. The zero-order valence-corrected chi connectivity index (χ0v) is 15.7. The molecule has 0 radical (unpaired) electrons. The van der Waals surface area contributed by atoms with Gasteiger partial charge in [-0.2, -0.15) is 4.31 Å². The van der Waals surface area contributed by atoms with Crippen molar-refractivity contribution in [3.8, 4) is 5.75 Å². The van der Waals surface area contributed by atoms with Gasteiger partial charge >= 0.3 is 0 Å². The Bertz CT molecular complexity index is 785. The minimum atomic E-state index is -3.39. The van der Waals surface area contributed by atoms with Crippen LogP contribution in [-0.2, 0) is 14.8 Å². The Kier molecular flexibility index (Phi) is 5.29. The van der Waals surface area contributed by atoms with Crippen molar-refractivity contribution in [1.29, 1.82) is 0 Å². The van der Waals surface area contributed by atoms with Gasteiger partial charge in [0.2, 0.25) is 10.0 Å². The number of fused-ring (bicyclic) bond motifs is 1. The molecule has 0 aliphatic carbocycles. The zero-order chi connectivity index (χ0) is 18.2. The van der Waals surface area contributed by atoms with Crippen LogP contribution in [0.15, 0.2) is 30.2 Å². The van der Waals surface area contributed by atoms with Gasteiger partial charge in [-0.15, -0.1) is 0 Å². The van der Waals surface area contributed by atoms with Crippen LogP contribution in [-0.4, -0.2) is 56.3 Å². The topological polar surface area (TPSA) is 66.9 Å². The number of rotatable bonds is 5. The first-order chi connectivity index (χ1) is 11.8. The molecule has 6 nitrogen and oxygen atoms in total. The Hall–Kier alpha value is -1.28. The number of sulfonamides is 1.